The van der Waals surface area contributed by atoms with E-state index in [1.54, 1.807) is 17.8 Å². The molecule has 1 atom stereocenters. The van der Waals surface area contributed by atoms with Gasteiger partial charge in [0.1, 0.15) is 24.5 Å². The summed E-state index contributed by atoms with van der Waals surface area (Å²) in [7, 11) is 1.77. The summed E-state index contributed by atoms with van der Waals surface area (Å²) >= 11 is 0. The number of halogens is 1. The molecular formula is C12H15FN4O. The van der Waals surface area contributed by atoms with Crippen molar-refractivity contribution in [1.82, 2.24) is 14.8 Å². The Morgan fingerprint density at radius 1 is 1.50 bits per heavy atom. The third-order valence-corrected chi connectivity index (χ3v) is 2.63. The fourth-order valence-corrected chi connectivity index (χ4v) is 1.60. The van der Waals surface area contributed by atoms with E-state index in [1.807, 2.05) is 6.92 Å². The maximum absolute atomic E-state index is 13.2. The second-order valence-corrected chi connectivity index (χ2v) is 4.06. The SMILES string of the molecule is CC(N)c1ccc(F)cc1OCc1ncnn1C. The Balaban J connectivity index is 2.18. The van der Waals surface area contributed by atoms with Gasteiger partial charge in [0.2, 0.25) is 0 Å². The summed E-state index contributed by atoms with van der Waals surface area (Å²) in [6.45, 7) is 2.04. The fraction of sp³-hybridized carbons (Fsp3) is 0.333. The molecule has 0 saturated heterocycles. The first-order chi connectivity index (χ1) is 8.58. The van der Waals surface area contributed by atoms with Crippen molar-refractivity contribution >= 4 is 0 Å². The van der Waals surface area contributed by atoms with Crippen LogP contribution in [0.5, 0.6) is 5.75 Å². The molecule has 18 heavy (non-hydrogen) atoms. The van der Waals surface area contributed by atoms with Crippen molar-refractivity contribution in [3.8, 4) is 5.75 Å². The molecular weight excluding hydrogens is 235 g/mol. The van der Waals surface area contributed by atoms with E-state index in [4.69, 9.17) is 10.5 Å². The highest BCUT2D eigenvalue weighted by Crippen LogP contribution is 2.25. The number of hydrogen-bond donors (Lipinski definition) is 1. The van der Waals surface area contributed by atoms with Crippen LogP contribution in [-0.4, -0.2) is 14.8 Å². The first-order valence-corrected chi connectivity index (χ1v) is 5.58. The molecule has 2 aromatic rings. The molecule has 0 radical (unpaired) electrons. The van der Waals surface area contributed by atoms with E-state index in [-0.39, 0.29) is 18.5 Å². The van der Waals surface area contributed by atoms with Crippen molar-refractivity contribution in [2.45, 2.75) is 19.6 Å². The zero-order chi connectivity index (χ0) is 13.1. The summed E-state index contributed by atoms with van der Waals surface area (Å²) in [6, 6.07) is 4.11. The number of aromatic nitrogens is 3. The smallest absolute Gasteiger partial charge is 0.164 e. The van der Waals surface area contributed by atoms with Crippen molar-refractivity contribution in [2.75, 3.05) is 0 Å². The van der Waals surface area contributed by atoms with Crippen molar-refractivity contribution in [1.29, 1.82) is 0 Å². The average Bonchev–Trinajstić information content (AvgIpc) is 2.72. The van der Waals surface area contributed by atoms with E-state index in [2.05, 4.69) is 10.1 Å². The highest BCUT2D eigenvalue weighted by atomic mass is 19.1. The van der Waals surface area contributed by atoms with E-state index in [1.165, 1.54) is 18.5 Å². The van der Waals surface area contributed by atoms with Gasteiger partial charge in [0, 0.05) is 24.7 Å². The molecule has 0 saturated carbocycles. The molecule has 0 aliphatic heterocycles. The van der Waals surface area contributed by atoms with E-state index < -0.39 is 0 Å². The van der Waals surface area contributed by atoms with Crippen LogP contribution >= 0.6 is 0 Å². The highest BCUT2D eigenvalue weighted by molar-refractivity contribution is 5.36. The molecule has 2 N–H and O–H groups in total. The third-order valence-electron chi connectivity index (χ3n) is 2.63. The number of aryl methyl sites for hydroxylation is 1. The van der Waals surface area contributed by atoms with Gasteiger partial charge in [-0.15, -0.1) is 0 Å². The Morgan fingerprint density at radius 2 is 2.28 bits per heavy atom. The number of ether oxygens (including phenoxy) is 1. The van der Waals surface area contributed by atoms with Crippen LogP contribution < -0.4 is 10.5 Å². The predicted molar refractivity (Wildman–Crippen MR) is 64.3 cm³/mol. The summed E-state index contributed by atoms with van der Waals surface area (Å²) in [5.41, 5.74) is 6.57. The van der Waals surface area contributed by atoms with Gasteiger partial charge in [-0.25, -0.2) is 9.37 Å². The van der Waals surface area contributed by atoms with Gasteiger partial charge in [-0.2, -0.15) is 5.10 Å². The van der Waals surface area contributed by atoms with E-state index >= 15 is 0 Å². The second kappa shape index (κ2) is 5.14. The zero-order valence-corrected chi connectivity index (χ0v) is 10.3. The van der Waals surface area contributed by atoms with Crippen molar-refractivity contribution in [3.63, 3.8) is 0 Å². The van der Waals surface area contributed by atoms with Crippen LogP contribution in [-0.2, 0) is 13.7 Å². The first kappa shape index (κ1) is 12.5. The Bertz CT molecular complexity index is 539. The van der Waals surface area contributed by atoms with Gasteiger partial charge in [-0.05, 0) is 13.0 Å². The molecule has 5 nitrogen and oxygen atoms in total. The molecule has 1 aromatic heterocycles. The molecule has 1 aromatic carbocycles. The van der Waals surface area contributed by atoms with Gasteiger partial charge in [0.15, 0.2) is 5.82 Å². The van der Waals surface area contributed by atoms with Crippen molar-refractivity contribution in [3.05, 3.63) is 41.7 Å². The standard InChI is InChI=1S/C12H15FN4O/c1-8(14)10-4-3-9(13)5-11(10)18-6-12-15-7-16-17(12)2/h3-5,7-8H,6,14H2,1-2H3. The second-order valence-electron chi connectivity index (χ2n) is 4.06. The van der Waals surface area contributed by atoms with Crippen molar-refractivity contribution < 1.29 is 9.13 Å². The summed E-state index contributed by atoms with van der Waals surface area (Å²) in [6.07, 6.45) is 1.44. The molecule has 0 bridgehead atoms. The minimum absolute atomic E-state index is 0.222. The van der Waals surface area contributed by atoms with Crippen LogP contribution in [0.3, 0.4) is 0 Å². The maximum Gasteiger partial charge on any atom is 0.164 e. The van der Waals surface area contributed by atoms with Gasteiger partial charge in [-0.1, -0.05) is 6.07 Å². The van der Waals surface area contributed by atoms with Crippen LogP contribution in [0.4, 0.5) is 4.39 Å². The maximum atomic E-state index is 13.2. The van der Waals surface area contributed by atoms with E-state index in [0.29, 0.717) is 11.6 Å². The van der Waals surface area contributed by atoms with Crippen molar-refractivity contribution in [2.24, 2.45) is 12.8 Å². The molecule has 0 spiro atoms. The van der Waals surface area contributed by atoms with Gasteiger partial charge >= 0.3 is 0 Å². The molecule has 0 aliphatic carbocycles. The van der Waals surface area contributed by atoms with Crippen LogP contribution in [0.2, 0.25) is 0 Å². The third kappa shape index (κ3) is 2.65. The molecule has 0 amide bonds. The van der Waals surface area contributed by atoms with Gasteiger partial charge in [-0.3, -0.25) is 4.68 Å². The molecule has 96 valence electrons. The molecule has 0 fully saturated rings. The monoisotopic (exact) mass is 250 g/mol. The number of nitrogens with zero attached hydrogens (tertiary/aromatic N) is 3. The van der Waals surface area contributed by atoms with E-state index in [0.717, 1.165) is 5.56 Å². The number of nitrogens with two attached hydrogens (primary N) is 1. The number of rotatable bonds is 4. The summed E-state index contributed by atoms with van der Waals surface area (Å²) < 4.78 is 20.4. The zero-order valence-electron chi connectivity index (χ0n) is 10.3. The highest BCUT2D eigenvalue weighted by Gasteiger charge is 2.10. The molecule has 6 heteroatoms. The van der Waals surface area contributed by atoms with Crippen LogP contribution in [0.1, 0.15) is 24.4 Å². The first-order valence-electron chi connectivity index (χ1n) is 5.58. The summed E-state index contributed by atoms with van der Waals surface area (Å²) in [4.78, 5) is 4.03. The van der Waals surface area contributed by atoms with Crippen LogP contribution in [0.15, 0.2) is 24.5 Å². The fourth-order valence-electron chi connectivity index (χ4n) is 1.60. The van der Waals surface area contributed by atoms with E-state index in [9.17, 15) is 4.39 Å². The lowest BCUT2D eigenvalue weighted by molar-refractivity contribution is 0.284. The molecule has 1 unspecified atom stereocenters. The predicted octanol–water partition coefficient (Wildman–Crippen LogP) is 1.55. The Hall–Kier alpha value is -1.95. The Morgan fingerprint density at radius 3 is 2.89 bits per heavy atom. The Labute approximate surface area is 104 Å². The van der Waals surface area contributed by atoms with Gasteiger partial charge in [0.05, 0.1) is 0 Å². The van der Waals surface area contributed by atoms with Gasteiger partial charge in [0.25, 0.3) is 0 Å². The average molecular weight is 250 g/mol. The minimum Gasteiger partial charge on any atom is -0.485 e. The summed E-state index contributed by atoms with van der Waals surface area (Å²) in [5, 5.41) is 3.93. The lowest BCUT2D eigenvalue weighted by Crippen LogP contribution is -2.10. The lowest BCUT2D eigenvalue weighted by Gasteiger charge is -2.13. The topological polar surface area (TPSA) is 66.0 Å². The number of benzene rings is 1. The minimum atomic E-state index is -0.354. The molecule has 0 aliphatic rings. The number of hydrogen-bond acceptors (Lipinski definition) is 4. The molecule has 1 heterocycles. The normalized spacial score (nSPS) is 12.4. The lowest BCUT2D eigenvalue weighted by atomic mass is 10.1. The summed E-state index contributed by atoms with van der Waals surface area (Å²) in [5.74, 6) is 0.746. The molecule has 2 rings (SSSR count). The quantitative estimate of drug-likeness (QED) is 0.894. The van der Waals surface area contributed by atoms with Crippen LogP contribution in [0, 0.1) is 5.82 Å². The van der Waals surface area contributed by atoms with Crippen LogP contribution in [0.25, 0.3) is 0 Å². The Kier molecular flexibility index (Phi) is 3.57. The largest absolute Gasteiger partial charge is 0.485 e. The van der Waals surface area contributed by atoms with Gasteiger partial charge < -0.3 is 10.5 Å².